The van der Waals surface area contributed by atoms with Crippen LogP contribution >= 0.6 is 27.3 Å². The van der Waals surface area contributed by atoms with Crippen LogP contribution in [0.15, 0.2) is 24.3 Å². The lowest BCUT2D eigenvalue weighted by Gasteiger charge is -2.30. The van der Waals surface area contributed by atoms with Crippen LogP contribution in [0.2, 0.25) is 0 Å². The Hall–Kier alpha value is -0.940. The van der Waals surface area contributed by atoms with Gasteiger partial charge in [0.25, 0.3) is 5.91 Å². The first-order valence-electron chi connectivity index (χ1n) is 7.23. The Kier molecular flexibility index (Phi) is 4.60. The van der Waals surface area contributed by atoms with Gasteiger partial charge in [0.15, 0.2) is 0 Å². The second-order valence-corrected chi connectivity index (χ2v) is 7.30. The number of fused-ring (bicyclic) bond motifs is 1. The lowest BCUT2D eigenvalue weighted by atomic mass is 9.86. The number of carbonyl (C=O) groups excluding carboxylic acids is 1. The summed E-state index contributed by atoms with van der Waals surface area (Å²) in [6.07, 6.45) is 4.62. The summed E-state index contributed by atoms with van der Waals surface area (Å²) < 4.78 is 14.0. The van der Waals surface area contributed by atoms with Crippen molar-refractivity contribution in [2.45, 2.75) is 31.7 Å². The molecule has 0 aliphatic heterocycles. The molecule has 2 nitrogen and oxygen atoms in total. The molecule has 1 heterocycles. The molecule has 1 saturated carbocycles. The maximum Gasteiger partial charge on any atom is 0.261 e. The molecule has 21 heavy (non-hydrogen) atoms. The van der Waals surface area contributed by atoms with Crippen LogP contribution in [0.25, 0.3) is 10.1 Å². The topological polar surface area (TPSA) is 29.1 Å². The molecule has 3 rings (SSSR count). The summed E-state index contributed by atoms with van der Waals surface area (Å²) in [4.78, 5) is 13.1. The first kappa shape index (κ1) is 15.0. The number of nitrogens with one attached hydrogen (secondary N) is 1. The zero-order chi connectivity index (χ0) is 14.8. The summed E-state index contributed by atoms with van der Waals surface area (Å²) in [6, 6.07) is 6.73. The maximum atomic E-state index is 13.2. The molecule has 1 N–H and O–H groups in total. The highest BCUT2D eigenvalue weighted by Gasteiger charge is 2.26. The molecule has 1 aliphatic rings. The minimum Gasteiger partial charge on any atom is -0.348 e. The minimum absolute atomic E-state index is 0.0329. The fourth-order valence-corrected chi connectivity index (χ4v) is 4.70. The van der Waals surface area contributed by atoms with Crippen LogP contribution in [0.3, 0.4) is 0 Å². The van der Waals surface area contributed by atoms with E-state index in [-0.39, 0.29) is 17.8 Å². The van der Waals surface area contributed by atoms with E-state index in [2.05, 4.69) is 21.2 Å². The van der Waals surface area contributed by atoms with E-state index in [0.717, 1.165) is 28.3 Å². The molecule has 2 aromatic rings. The lowest BCUT2D eigenvalue weighted by Crippen LogP contribution is -2.42. The standard InChI is InChI=1S/C16H17BrFNOS/c17-9-11-3-1-2-4-13(11)19-16(20)15-7-10-5-6-12(18)8-14(10)21-15/h5-8,11,13H,1-4,9H2,(H,19,20). The highest BCUT2D eigenvalue weighted by Crippen LogP contribution is 2.29. The fraction of sp³-hybridized carbons (Fsp3) is 0.438. The Labute approximate surface area is 135 Å². The number of alkyl halides is 1. The van der Waals surface area contributed by atoms with Crippen LogP contribution in [0.4, 0.5) is 4.39 Å². The Bertz CT molecular complexity index is 657. The number of hydrogen-bond acceptors (Lipinski definition) is 2. The summed E-state index contributed by atoms with van der Waals surface area (Å²) in [6.45, 7) is 0. The van der Waals surface area contributed by atoms with Gasteiger partial charge in [0.2, 0.25) is 0 Å². The van der Waals surface area contributed by atoms with Crippen molar-refractivity contribution >= 4 is 43.3 Å². The number of rotatable bonds is 3. The molecule has 0 radical (unpaired) electrons. The van der Waals surface area contributed by atoms with Gasteiger partial charge < -0.3 is 5.32 Å². The molecule has 1 aromatic heterocycles. The van der Waals surface area contributed by atoms with E-state index in [1.807, 2.05) is 6.07 Å². The van der Waals surface area contributed by atoms with Gasteiger partial charge in [-0.3, -0.25) is 4.79 Å². The third-order valence-electron chi connectivity index (χ3n) is 4.13. The van der Waals surface area contributed by atoms with Crippen LogP contribution < -0.4 is 5.32 Å². The van der Waals surface area contributed by atoms with Gasteiger partial charge in [-0.15, -0.1) is 11.3 Å². The van der Waals surface area contributed by atoms with Gasteiger partial charge in [0, 0.05) is 16.1 Å². The van der Waals surface area contributed by atoms with Crippen molar-refractivity contribution in [3.8, 4) is 0 Å². The van der Waals surface area contributed by atoms with Crippen LogP contribution in [-0.2, 0) is 0 Å². The normalized spacial score (nSPS) is 22.4. The van der Waals surface area contributed by atoms with Gasteiger partial charge in [-0.1, -0.05) is 34.8 Å². The zero-order valence-corrected chi connectivity index (χ0v) is 14.0. The van der Waals surface area contributed by atoms with E-state index < -0.39 is 0 Å². The Morgan fingerprint density at radius 3 is 2.95 bits per heavy atom. The van der Waals surface area contributed by atoms with E-state index in [0.29, 0.717) is 10.8 Å². The highest BCUT2D eigenvalue weighted by atomic mass is 79.9. The highest BCUT2D eigenvalue weighted by molar-refractivity contribution is 9.09. The number of hydrogen-bond donors (Lipinski definition) is 1. The largest absolute Gasteiger partial charge is 0.348 e. The molecule has 1 aromatic carbocycles. The van der Waals surface area contributed by atoms with Gasteiger partial charge in [0.05, 0.1) is 4.88 Å². The molecule has 112 valence electrons. The predicted octanol–water partition coefficient (Wildman–Crippen LogP) is 4.72. The van der Waals surface area contributed by atoms with E-state index in [1.54, 1.807) is 6.07 Å². The van der Waals surface area contributed by atoms with E-state index in [1.165, 1.54) is 36.3 Å². The predicted molar refractivity (Wildman–Crippen MR) is 88.8 cm³/mol. The second kappa shape index (κ2) is 6.44. The van der Waals surface area contributed by atoms with Crippen LogP contribution in [0.5, 0.6) is 0 Å². The van der Waals surface area contributed by atoms with E-state index in [4.69, 9.17) is 0 Å². The van der Waals surface area contributed by atoms with Gasteiger partial charge >= 0.3 is 0 Å². The minimum atomic E-state index is -0.261. The molecule has 2 atom stereocenters. The first-order chi connectivity index (χ1) is 10.2. The van der Waals surface area contributed by atoms with Crippen molar-refractivity contribution in [1.29, 1.82) is 0 Å². The average molecular weight is 370 g/mol. The third kappa shape index (κ3) is 3.29. The molecule has 1 aliphatic carbocycles. The summed E-state index contributed by atoms with van der Waals surface area (Å²) in [5.41, 5.74) is 0. The molecule has 0 spiro atoms. The summed E-state index contributed by atoms with van der Waals surface area (Å²) >= 11 is 4.90. The SMILES string of the molecule is O=C(NC1CCCCC1CBr)c1cc2ccc(F)cc2s1. The van der Waals surface area contributed by atoms with Crippen molar-refractivity contribution in [3.05, 3.63) is 35.0 Å². The summed E-state index contributed by atoms with van der Waals surface area (Å²) in [5, 5.41) is 5.01. The van der Waals surface area contributed by atoms with Crippen LogP contribution in [0, 0.1) is 11.7 Å². The molecular formula is C16H17BrFNOS. The van der Waals surface area contributed by atoms with Gasteiger partial charge in [-0.05, 0) is 42.3 Å². The third-order valence-corrected chi connectivity index (χ3v) is 6.06. The van der Waals surface area contributed by atoms with Gasteiger partial charge in [-0.2, -0.15) is 0 Å². The molecule has 1 fully saturated rings. The fourth-order valence-electron chi connectivity index (χ4n) is 2.94. The number of benzene rings is 1. The number of halogens is 2. The van der Waals surface area contributed by atoms with Crippen LogP contribution in [-0.4, -0.2) is 17.3 Å². The Balaban J connectivity index is 1.77. The van der Waals surface area contributed by atoms with Crippen molar-refractivity contribution in [1.82, 2.24) is 5.32 Å². The molecular weight excluding hydrogens is 353 g/mol. The smallest absolute Gasteiger partial charge is 0.261 e. The van der Waals surface area contributed by atoms with Crippen molar-refractivity contribution in [3.63, 3.8) is 0 Å². The molecule has 0 bridgehead atoms. The first-order valence-corrected chi connectivity index (χ1v) is 9.17. The van der Waals surface area contributed by atoms with Gasteiger partial charge in [-0.25, -0.2) is 4.39 Å². The number of thiophene rings is 1. The summed E-state index contributed by atoms with van der Waals surface area (Å²) in [5.74, 6) is 0.215. The quantitative estimate of drug-likeness (QED) is 0.778. The Morgan fingerprint density at radius 1 is 1.33 bits per heavy atom. The molecule has 5 heteroatoms. The molecule has 0 saturated heterocycles. The summed E-state index contributed by atoms with van der Waals surface area (Å²) in [7, 11) is 0. The lowest BCUT2D eigenvalue weighted by molar-refractivity contribution is 0.0916. The number of amides is 1. The average Bonchev–Trinajstić information content (AvgIpc) is 2.91. The van der Waals surface area contributed by atoms with E-state index >= 15 is 0 Å². The number of carbonyl (C=O) groups is 1. The maximum absolute atomic E-state index is 13.2. The van der Waals surface area contributed by atoms with Crippen LogP contribution in [0.1, 0.15) is 35.4 Å². The van der Waals surface area contributed by atoms with Crippen molar-refractivity contribution in [2.75, 3.05) is 5.33 Å². The van der Waals surface area contributed by atoms with E-state index in [9.17, 15) is 9.18 Å². The molecule has 2 unspecified atom stereocenters. The Morgan fingerprint density at radius 2 is 2.14 bits per heavy atom. The monoisotopic (exact) mass is 369 g/mol. The second-order valence-electron chi connectivity index (χ2n) is 5.57. The van der Waals surface area contributed by atoms with Gasteiger partial charge in [0.1, 0.15) is 5.82 Å². The van der Waals surface area contributed by atoms with Crippen molar-refractivity contribution in [2.24, 2.45) is 5.92 Å². The van der Waals surface area contributed by atoms with Crippen molar-refractivity contribution < 1.29 is 9.18 Å². The zero-order valence-electron chi connectivity index (χ0n) is 11.6. The molecule has 1 amide bonds.